The third-order valence-corrected chi connectivity index (χ3v) is 6.14. The van der Waals surface area contributed by atoms with E-state index >= 15 is 0 Å². The minimum absolute atomic E-state index is 0.742. The largest absolute Gasteiger partial charge is 0.399 e. The molecule has 0 aromatic rings. The lowest BCUT2D eigenvalue weighted by molar-refractivity contribution is 0.110. The third-order valence-electron chi connectivity index (χ3n) is 4.26. The van der Waals surface area contributed by atoms with Gasteiger partial charge in [0, 0.05) is 15.8 Å². The summed E-state index contributed by atoms with van der Waals surface area (Å²) in [6.07, 6.45) is 5.63. The average molecular weight is 305 g/mol. The van der Waals surface area contributed by atoms with Gasteiger partial charge in [0.2, 0.25) is 0 Å². The number of hydrogen-bond acceptors (Lipinski definition) is 2. The zero-order valence-corrected chi connectivity index (χ0v) is 10.6. The van der Waals surface area contributed by atoms with Crippen LogP contribution in [0.4, 0.5) is 0 Å². The van der Waals surface area contributed by atoms with Gasteiger partial charge in [-0.25, -0.2) is 0 Å². The Kier molecular flexibility index (Phi) is 2.26. The molecule has 0 aromatic carbocycles. The van der Waals surface area contributed by atoms with Gasteiger partial charge in [0.15, 0.2) is 0 Å². The van der Waals surface area contributed by atoms with Crippen LogP contribution < -0.4 is 0 Å². The van der Waals surface area contributed by atoms with Crippen LogP contribution in [0, 0.1) is 23.7 Å². The summed E-state index contributed by atoms with van der Waals surface area (Å²) in [5, 5.41) is 4.29. The molecule has 2 nitrogen and oxygen atoms in total. The molecule has 78 valence electrons. The van der Waals surface area contributed by atoms with Crippen LogP contribution in [0.15, 0.2) is 5.16 Å². The highest BCUT2D eigenvalue weighted by Crippen LogP contribution is 2.54. The number of oxime groups is 1. The van der Waals surface area contributed by atoms with E-state index in [1.54, 1.807) is 7.11 Å². The maximum Gasteiger partial charge on any atom is 0.106 e. The Hall–Kier alpha value is 0.200. The fourth-order valence-electron chi connectivity index (χ4n) is 3.83. The highest BCUT2D eigenvalue weighted by molar-refractivity contribution is 14.1. The monoisotopic (exact) mass is 305 g/mol. The molecule has 3 heteroatoms. The maximum atomic E-state index is 5.00. The van der Waals surface area contributed by atoms with Crippen LogP contribution >= 0.6 is 22.6 Å². The van der Waals surface area contributed by atoms with Gasteiger partial charge in [-0.15, -0.1) is 0 Å². The number of hydrogen-bond donors (Lipinski definition) is 0. The fraction of sp³-hybridized carbons (Fsp3) is 0.909. The first-order valence-electron chi connectivity index (χ1n) is 5.54. The summed E-state index contributed by atoms with van der Waals surface area (Å²) in [6, 6.07) is 0. The van der Waals surface area contributed by atoms with Gasteiger partial charge in [0.1, 0.15) is 7.11 Å². The van der Waals surface area contributed by atoms with Gasteiger partial charge in [0.25, 0.3) is 0 Å². The van der Waals surface area contributed by atoms with Crippen LogP contribution in [0.2, 0.25) is 0 Å². The third kappa shape index (κ3) is 1.24. The Morgan fingerprint density at radius 3 is 2.93 bits per heavy atom. The SMILES string of the molecule is CO/N=C1\C2CC3CC(C2)[C@@H](I)C1C3. The predicted molar refractivity (Wildman–Crippen MR) is 64.7 cm³/mol. The van der Waals surface area contributed by atoms with Crippen molar-refractivity contribution in [2.24, 2.45) is 28.8 Å². The standard InChI is InChI=1S/C11H16INO/c1-14-13-11-8-3-6-2-7(5-8)10(12)9(11)4-6/h6-10H,2-5H2,1H3/b13-11+/t6?,7?,8?,9?,10-/m1/s1. The summed E-state index contributed by atoms with van der Waals surface area (Å²) in [6.45, 7) is 0. The second kappa shape index (κ2) is 3.35. The van der Waals surface area contributed by atoms with Crippen LogP contribution in [0.1, 0.15) is 25.7 Å². The number of nitrogens with zero attached hydrogens (tertiary/aromatic N) is 1. The number of rotatable bonds is 1. The lowest BCUT2D eigenvalue weighted by atomic mass is 9.55. The first kappa shape index (κ1) is 9.43. The highest BCUT2D eigenvalue weighted by atomic mass is 127. The molecule has 0 N–H and O–H groups in total. The van der Waals surface area contributed by atoms with Crippen molar-refractivity contribution in [2.75, 3.05) is 7.11 Å². The molecule has 4 saturated carbocycles. The molecule has 4 rings (SSSR count). The molecule has 0 radical (unpaired) electrons. The van der Waals surface area contributed by atoms with Crippen molar-refractivity contribution in [1.29, 1.82) is 0 Å². The van der Waals surface area contributed by atoms with Gasteiger partial charge >= 0.3 is 0 Å². The van der Waals surface area contributed by atoms with Crippen molar-refractivity contribution in [3.05, 3.63) is 0 Å². The molecule has 0 spiro atoms. The van der Waals surface area contributed by atoms with E-state index in [4.69, 9.17) is 4.84 Å². The van der Waals surface area contributed by atoms with Gasteiger partial charge in [-0.3, -0.25) is 0 Å². The van der Waals surface area contributed by atoms with Crippen molar-refractivity contribution in [1.82, 2.24) is 0 Å². The van der Waals surface area contributed by atoms with Gasteiger partial charge in [0.05, 0.1) is 5.71 Å². The Balaban J connectivity index is 1.93. The van der Waals surface area contributed by atoms with E-state index in [0.717, 1.165) is 27.6 Å². The highest BCUT2D eigenvalue weighted by Gasteiger charge is 2.51. The van der Waals surface area contributed by atoms with E-state index in [1.165, 1.54) is 31.4 Å². The quantitative estimate of drug-likeness (QED) is 0.415. The number of halogens is 1. The molecule has 4 unspecified atom stereocenters. The summed E-state index contributed by atoms with van der Waals surface area (Å²) in [4.78, 5) is 5.00. The molecule has 0 heterocycles. The molecular weight excluding hydrogens is 289 g/mol. The molecule has 4 bridgehead atoms. The molecule has 0 aliphatic heterocycles. The van der Waals surface area contributed by atoms with E-state index in [2.05, 4.69) is 27.7 Å². The summed E-state index contributed by atoms with van der Waals surface area (Å²) >= 11 is 2.65. The first-order valence-corrected chi connectivity index (χ1v) is 6.79. The average Bonchev–Trinajstić information content (AvgIpc) is 2.18. The molecular formula is C11H16INO. The van der Waals surface area contributed by atoms with E-state index in [-0.39, 0.29) is 0 Å². The first-order chi connectivity index (χ1) is 6.79. The van der Waals surface area contributed by atoms with E-state index in [0.29, 0.717) is 0 Å². The summed E-state index contributed by atoms with van der Waals surface area (Å²) in [7, 11) is 1.68. The minimum Gasteiger partial charge on any atom is -0.399 e. The molecule has 4 aliphatic carbocycles. The fourth-order valence-corrected chi connectivity index (χ4v) is 5.08. The number of alkyl halides is 1. The van der Waals surface area contributed by atoms with Crippen LogP contribution in [0.25, 0.3) is 0 Å². The zero-order chi connectivity index (χ0) is 9.71. The van der Waals surface area contributed by atoms with E-state index in [1.807, 2.05) is 0 Å². The van der Waals surface area contributed by atoms with Crippen molar-refractivity contribution >= 4 is 28.3 Å². The lowest BCUT2D eigenvalue weighted by Gasteiger charge is -2.52. The van der Waals surface area contributed by atoms with Crippen LogP contribution in [-0.4, -0.2) is 16.7 Å². The van der Waals surface area contributed by atoms with Crippen LogP contribution in [0.5, 0.6) is 0 Å². The second-order valence-corrected chi connectivity index (χ2v) is 6.45. The van der Waals surface area contributed by atoms with Crippen LogP contribution in [-0.2, 0) is 4.84 Å². The van der Waals surface area contributed by atoms with E-state index < -0.39 is 0 Å². The van der Waals surface area contributed by atoms with Crippen molar-refractivity contribution in [2.45, 2.75) is 29.6 Å². The molecule has 14 heavy (non-hydrogen) atoms. The lowest BCUT2D eigenvalue weighted by Crippen LogP contribution is -2.51. The van der Waals surface area contributed by atoms with Gasteiger partial charge in [-0.05, 0) is 37.5 Å². The zero-order valence-electron chi connectivity index (χ0n) is 8.45. The summed E-state index contributed by atoms with van der Waals surface area (Å²) in [5.74, 6) is 3.50. The van der Waals surface area contributed by atoms with Crippen molar-refractivity contribution < 1.29 is 4.84 Å². The molecule has 5 atom stereocenters. The maximum absolute atomic E-state index is 5.00. The Bertz CT molecular complexity index is 278. The molecule has 0 aromatic heterocycles. The summed E-state index contributed by atoms with van der Waals surface area (Å²) in [5.41, 5.74) is 1.39. The van der Waals surface area contributed by atoms with Crippen molar-refractivity contribution in [3.8, 4) is 0 Å². The topological polar surface area (TPSA) is 21.6 Å². The summed E-state index contributed by atoms with van der Waals surface area (Å²) < 4.78 is 0.828. The molecule has 4 fully saturated rings. The van der Waals surface area contributed by atoms with Gasteiger partial charge in [-0.1, -0.05) is 27.7 Å². The molecule has 4 aliphatic rings. The smallest absolute Gasteiger partial charge is 0.106 e. The molecule has 0 saturated heterocycles. The predicted octanol–water partition coefficient (Wildman–Crippen LogP) is 2.86. The Morgan fingerprint density at radius 1 is 1.29 bits per heavy atom. The second-order valence-electron chi connectivity index (χ2n) is 5.02. The van der Waals surface area contributed by atoms with Crippen LogP contribution in [0.3, 0.4) is 0 Å². The van der Waals surface area contributed by atoms with Gasteiger partial charge < -0.3 is 4.84 Å². The normalized spacial score (nSPS) is 52.7. The van der Waals surface area contributed by atoms with Gasteiger partial charge in [-0.2, -0.15) is 0 Å². The molecule has 0 amide bonds. The minimum atomic E-state index is 0.742. The Morgan fingerprint density at radius 2 is 2.14 bits per heavy atom. The Labute approximate surface area is 98.6 Å². The van der Waals surface area contributed by atoms with Crippen molar-refractivity contribution in [3.63, 3.8) is 0 Å². The van der Waals surface area contributed by atoms with E-state index in [9.17, 15) is 0 Å².